The molecule has 0 radical (unpaired) electrons. The number of piperidine rings is 1. The van der Waals surface area contributed by atoms with E-state index in [1.165, 1.54) is 6.42 Å². The third kappa shape index (κ3) is 4.19. The van der Waals surface area contributed by atoms with Crippen molar-refractivity contribution in [3.63, 3.8) is 0 Å². The molecule has 4 heteroatoms. The first-order chi connectivity index (χ1) is 7.94. The summed E-state index contributed by atoms with van der Waals surface area (Å²) in [5.74, 6) is 0.723. The fourth-order valence-electron chi connectivity index (χ4n) is 2.25. The summed E-state index contributed by atoms with van der Waals surface area (Å²) in [5, 5.41) is 0. The van der Waals surface area contributed by atoms with Gasteiger partial charge >= 0.3 is 6.09 Å². The predicted octanol–water partition coefficient (Wildman–Crippen LogP) is 2.42. The van der Waals surface area contributed by atoms with Gasteiger partial charge in [0.05, 0.1) is 12.7 Å². The highest BCUT2D eigenvalue weighted by atomic mass is 16.6. The van der Waals surface area contributed by atoms with Crippen molar-refractivity contribution in [2.75, 3.05) is 19.7 Å². The highest BCUT2D eigenvalue weighted by Crippen LogP contribution is 2.27. The lowest BCUT2D eigenvalue weighted by molar-refractivity contribution is 0.0179. The number of epoxide rings is 1. The van der Waals surface area contributed by atoms with E-state index in [9.17, 15) is 4.79 Å². The van der Waals surface area contributed by atoms with E-state index >= 15 is 0 Å². The van der Waals surface area contributed by atoms with Gasteiger partial charge in [0.25, 0.3) is 0 Å². The molecule has 1 unspecified atom stereocenters. The Labute approximate surface area is 103 Å². The molecule has 4 nitrogen and oxygen atoms in total. The Kier molecular flexibility index (Phi) is 3.61. The van der Waals surface area contributed by atoms with E-state index in [0.717, 1.165) is 38.5 Å². The Morgan fingerprint density at radius 2 is 1.94 bits per heavy atom. The maximum absolute atomic E-state index is 11.8. The molecule has 2 saturated heterocycles. The summed E-state index contributed by atoms with van der Waals surface area (Å²) in [4.78, 5) is 13.7. The molecular weight excluding hydrogens is 218 g/mol. The molecule has 0 aliphatic carbocycles. The van der Waals surface area contributed by atoms with E-state index in [0.29, 0.717) is 6.10 Å². The number of nitrogens with zero attached hydrogens (tertiary/aromatic N) is 1. The summed E-state index contributed by atoms with van der Waals surface area (Å²) in [6.07, 6.45) is 3.67. The zero-order chi connectivity index (χ0) is 12.5. The first kappa shape index (κ1) is 12.7. The van der Waals surface area contributed by atoms with Crippen LogP contribution in [0.15, 0.2) is 0 Å². The fraction of sp³-hybridized carbons (Fsp3) is 0.923. The zero-order valence-electron chi connectivity index (χ0n) is 11.1. The Hall–Kier alpha value is -0.770. The standard InChI is InChI=1S/C13H23NO3/c1-13(2,3)17-12(15)14-6-4-10(5-7-14)8-11-9-16-11/h10-11H,4-9H2,1-3H3. The number of carbonyl (C=O) groups excluding carboxylic acids is 1. The molecule has 98 valence electrons. The van der Waals surface area contributed by atoms with Crippen LogP contribution in [0.25, 0.3) is 0 Å². The number of ether oxygens (including phenoxy) is 2. The zero-order valence-corrected chi connectivity index (χ0v) is 11.1. The maximum atomic E-state index is 11.8. The molecule has 17 heavy (non-hydrogen) atoms. The molecule has 0 aromatic carbocycles. The van der Waals surface area contributed by atoms with Crippen LogP contribution in [0.1, 0.15) is 40.0 Å². The molecule has 0 aromatic heterocycles. The van der Waals surface area contributed by atoms with Crippen LogP contribution < -0.4 is 0 Å². The Bertz CT molecular complexity index is 273. The summed E-state index contributed by atoms with van der Waals surface area (Å²) >= 11 is 0. The predicted molar refractivity (Wildman–Crippen MR) is 64.9 cm³/mol. The quantitative estimate of drug-likeness (QED) is 0.697. The van der Waals surface area contributed by atoms with Gasteiger partial charge in [-0.1, -0.05) is 0 Å². The summed E-state index contributed by atoms with van der Waals surface area (Å²) in [6, 6.07) is 0. The summed E-state index contributed by atoms with van der Waals surface area (Å²) in [6.45, 7) is 8.30. The third-order valence-corrected chi connectivity index (χ3v) is 3.26. The average Bonchev–Trinajstić information content (AvgIpc) is 3.00. The molecule has 0 aromatic rings. The summed E-state index contributed by atoms with van der Waals surface area (Å²) in [5.41, 5.74) is -0.393. The van der Waals surface area contributed by atoms with Crippen LogP contribution >= 0.6 is 0 Å². The number of rotatable bonds is 2. The van der Waals surface area contributed by atoms with E-state index in [1.807, 2.05) is 25.7 Å². The van der Waals surface area contributed by atoms with E-state index in [2.05, 4.69) is 0 Å². The first-order valence-corrected chi connectivity index (χ1v) is 6.53. The van der Waals surface area contributed by atoms with Gasteiger partial charge in [0.1, 0.15) is 5.60 Å². The lowest BCUT2D eigenvalue weighted by Crippen LogP contribution is -2.41. The molecule has 1 atom stereocenters. The van der Waals surface area contributed by atoms with Crippen LogP contribution in [0.2, 0.25) is 0 Å². The second-order valence-corrected chi connectivity index (χ2v) is 6.10. The van der Waals surface area contributed by atoms with Gasteiger partial charge in [-0.25, -0.2) is 4.79 Å². The monoisotopic (exact) mass is 241 g/mol. The van der Waals surface area contributed by atoms with Crippen molar-refractivity contribution in [3.8, 4) is 0 Å². The molecule has 0 spiro atoms. The minimum absolute atomic E-state index is 0.168. The number of likely N-dealkylation sites (tertiary alicyclic amines) is 1. The largest absolute Gasteiger partial charge is 0.444 e. The Balaban J connectivity index is 1.72. The maximum Gasteiger partial charge on any atom is 0.410 e. The Morgan fingerprint density at radius 3 is 2.41 bits per heavy atom. The average molecular weight is 241 g/mol. The normalized spacial score (nSPS) is 25.8. The van der Waals surface area contributed by atoms with Gasteiger partial charge in [0.15, 0.2) is 0 Å². The molecule has 1 amide bonds. The topological polar surface area (TPSA) is 42.1 Å². The van der Waals surface area contributed by atoms with Crippen LogP contribution in [0.5, 0.6) is 0 Å². The SMILES string of the molecule is CC(C)(C)OC(=O)N1CCC(CC2CO2)CC1. The number of amides is 1. The second-order valence-electron chi connectivity index (χ2n) is 6.10. The summed E-state index contributed by atoms with van der Waals surface area (Å²) in [7, 11) is 0. The molecule has 2 heterocycles. The fourth-order valence-corrected chi connectivity index (χ4v) is 2.25. The van der Waals surface area contributed by atoms with Crippen LogP contribution in [-0.4, -0.2) is 42.4 Å². The van der Waals surface area contributed by atoms with Crippen molar-refractivity contribution < 1.29 is 14.3 Å². The van der Waals surface area contributed by atoms with E-state index < -0.39 is 5.60 Å². The third-order valence-electron chi connectivity index (χ3n) is 3.26. The van der Waals surface area contributed by atoms with Gasteiger partial charge in [-0.15, -0.1) is 0 Å². The Morgan fingerprint density at radius 1 is 1.35 bits per heavy atom. The van der Waals surface area contributed by atoms with Crippen molar-refractivity contribution >= 4 is 6.09 Å². The van der Waals surface area contributed by atoms with Gasteiger partial charge in [-0.05, 0) is 46.0 Å². The van der Waals surface area contributed by atoms with E-state index in [1.54, 1.807) is 0 Å². The lowest BCUT2D eigenvalue weighted by atomic mass is 9.92. The van der Waals surface area contributed by atoms with E-state index in [4.69, 9.17) is 9.47 Å². The van der Waals surface area contributed by atoms with E-state index in [-0.39, 0.29) is 6.09 Å². The molecule has 0 bridgehead atoms. The van der Waals surface area contributed by atoms with Gasteiger partial charge in [-0.3, -0.25) is 0 Å². The minimum Gasteiger partial charge on any atom is -0.444 e. The van der Waals surface area contributed by atoms with Gasteiger partial charge in [0.2, 0.25) is 0 Å². The van der Waals surface area contributed by atoms with Crippen LogP contribution in [0.3, 0.4) is 0 Å². The van der Waals surface area contributed by atoms with Crippen molar-refractivity contribution in [2.45, 2.75) is 51.7 Å². The molecule has 2 rings (SSSR count). The summed E-state index contributed by atoms with van der Waals surface area (Å²) < 4.78 is 10.6. The molecule has 0 N–H and O–H groups in total. The minimum atomic E-state index is -0.393. The number of hydrogen-bond donors (Lipinski definition) is 0. The second kappa shape index (κ2) is 4.84. The van der Waals surface area contributed by atoms with Gasteiger partial charge in [-0.2, -0.15) is 0 Å². The smallest absolute Gasteiger partial charge is 0.410 e. The lowest BCUT2D eigenvalue weighted by Gasteiger charge is -2.33. The van der Waals surface area contributed by atoms with Crippen LogP contribution in [0.4, 0.5) is 4.79 Å². The van der Waals surface area contributed by atoms with Gasteiger partial charge < -0.3 is 14.4 Å². The van der Waals surface area contributed by atoms with Crippen molar-refractivity contribution in [3.05, 3.63) is 0 Å². The molecule has 0 saturated carbocycles. The molecule has 2 fully saturated rings. The highest BCUT2D eigenvalue weighted by Gasteiger charge is 2.31. The van der Waals surface area contributed by atoms with Gasteiger partial charge in [0, 0.05) is 13.1 Å². The van der Waals surface area contributed by atoms with Crippen molar-refractivity contribution in [1.82, 2.24) is 4.90 Å². The molecular formula is C13H23NO3. The van der Waals surface area contributed by atoms with Crippen molar-refractivity contribution in [1.29, 1.82) is 0 Å². The first-order valence-electron chi connectivity index (χ1n) is 6.53. The van der Waals surface area contributed by atoms with Crippen molar-refractivity contribution in [2.24, 2.45) is 5.92 Å². The molecule has 2 aliphatic rings. The van der Waals surface area contributed by atoms with Crippen LogP contribution in [-0.2, 0) is 9.47 Å². The highest BCUT2D eigenvalue weighted by molar-refractivity contribution is 5.68. The number of carbonyl (C=O) groups is 1. The van der Waals surface area contributed by atoms with Crippen LogP contribution in [0, 0.1) is 5.92 Å². The molecule has 2 aliphatic heterocycles. The number of hydrogen-bond acceptors (Lipinski definition) is 3.